The van der Waals surface area contributed by atoms with E-state index in [-0.39, 0.29) is 5.75 Å². The molecule has 0 spiro atoms. The highest BCUT2D eigenvalue weighted by molar-refractivity contribution is 5.41. The van der Waals surface area contributed by atoms with Crippen molar-refractivity contribution in [2.45, 2.75) is 31.3 Å². The van der Waals surface area contributed by atoms with Crippen LogP contribution in [0.4, 0.5) is 0 Å². The summed E-state index contributed by atoms with van der Waals surface area (Å²) in [6, 6.07) is 5.63. The fraction of sp³-hybridized carbons (Fsp3) is 0.625. The second-order valence-corrected chi connectivity index (χ2v) is 6.15. The molecule has 1 fully saturated rings. The van der Waals surface area contributed by atoms with Gasteiger partial charge >= 0.3 is 0 Å². The van der Waals surface area contributed by atoms with E-state index in [0.29, 0.717) is 11.3 Å². The van der Waals surface area contributed by atoms with Crippen molar-refractivity contribution >= 4 is 0 Å². The Labute approximate surface area is 122 Å². The quantitative estimate of drug-likeness (QED) is 0.866. The molecular formula is C16H26N2O2. The van der Waals surface area contributed by atoms with Crippen LogP contribution in [0.3, 0.4) is 0 Å². The molecule has 0 aromatic heterocycles. The molecular weight excluding hydrogens is 252 g/mol. The van der Waals surface area contributed by atoms with Crippen LogP contribution in [0.1, 0.15) is 24.8 Å². The van der Waals surface area contributed by atoms with E-state index in [1.807, 2.05) is 12.1 Å². The number of likely N-dealkylation sites (N-methyl/N-ethyl adjacent to an activating group) is 2. The lowest BCUT2D eigenvalue weighted by atomic mass is 9.75. The van der Waals surface area contributed by atoms with Gasteiger partial charge in [0.15, 0.2) is 11.5 Å². The summed E-state index contributed by atoms with van der Waals surface area (Å²) >= 11 is 0. The third kappa shape index (κ3) is 3.07. The van der Waals surface area contributed by atoms with Crippen LogP contribution in [-0.4, -0.2) is 55.2 Å². The number of ether oxygens (including phenoxy) is 1. The molecule has 1 aliphatic carbocycles. The van der Waals surface area contributed by atoms with Gasteiger partial charge in [0.1, 0.15) is 0 Å². The number of phenols is 1. The minimum Gasteiger partial charge on any atom is -0.504 e. The van der Waals surface area contributed by atoms with Gasteiger partial charge < -0.3 is 19.6 Å². The molecule has 0 aliphatic heterocycles. The van der Waals surface area contributed by atoms with Crippen LogP contribution in [-0.2, 0) is 6.54 Å². The van der Waals surface area contributed by atoms with Crippen LogP contribution in [0.25, 0.3) is 0 Å². The van der Waals surface area contributed by atoms with Crippen molar-refractivity contribution in [2.24, 2.45) is 0 Å². The summed E-state index contributed by atoms with van der Waals surface area (Å²) in [4.78, 5) is 4.69. The summed E-state index contributed by atoms with van der Waals surface area (Å²) in [5.74, 6) is 0.740. The average Bonchev–Trinajstić information content (AvgIpc) is 2.33. The van der Waals surface area contributed by atoms with Crippen LogP contribution in [0.2, 0.25) is 0 Å². The second kappa shape index (κ2) is 6.02. The van der Waals surface area contributed by atoms with Gasteiger partial charge in [0.05, 0.1) is 7.11 Å². The largest absolute Gasteiger partial charge is 0.504 e. The summed E-state index contributed by atoms with van der Waals surface area (Å²) in [5.41, 5.74) is 1.45. The number of benzene rings is 1. The smallest absolute Gasteiger partial charge is 0.160 e. The van der Waals surface area contributed by atoms with E-state index in [1.54, 1.807) is 13.2 Å². The number of phenolic OH excluding ortho intramolecular Hbond substituents is 1. The molecule has 0 saturated heterocycles. The zero-order valence-corrected chi connectivity index (χ0v) is 13.0. The molecule has 1 aromatic rings. The molecule has 1 aliphatic rings. The van der Waals surface area contributed by atoms with Crippen molar-refractivity contribution in [3.05, 3.63) is 23.8 Å². The highest BCUT2D eigenvalue weighted by atomic mass is 16.5. The Hall–Kier alpha value is -1.26. The van der Waals surface area contributed by atoms with E-state index in [2.05, 4.69) is 30.9 Å². The van der Waals surface area contributed by atoms with Crippen LogP contribution >= 0.6 is 0 Å². The Morgan fingerprint density at radius 1 is 1.25 bits per heavy atom. The molecule has 0 bridgehead atoms. The number of rotatable bonds is 6. The van der Waals surface area contributed by atoms with Gasteiger partial charge in [0.2, 0.25) is 0 Å². The Balaban J connectivity index is 1.97. The van der Waals surface area contributed by atoms with E-state index < -0.39 is 0 Å². The molecule has 1 N–H and O–H groups in total. The second-order valence-electron chi connectivity index (χ2n) is 6.15. The topological polar surface area (TPSA) is 35.9 Å². The van der Waals surface area contributed by atoms with Crippen molar-refractivity contribution in [1.29, 1.82) is 0 Å². The molecule has 0 radical (unpaired) electrons. The zero-order chi connectivity index (χ0) is 14.8. The minimum absolute atomic E-state index is 0.212. The van der Waals surface area contributed by atoms with Crippen molar-refractivity contribution in [2.75, 3.05) is 34.8 Å². The highest BCUT2D eigenvalue weighted by Gasteiger charge is 2.39. The summed E-state index contributed by atoms with van der Waals surface area (Å²) in [7, 11) is 8.06. The summed E-state index contributed by atoms with van der Waals surface area (Å²) in [6.45, 7) is 1.90. The van der Waals surface area contributed by atoms with E-state index in [9.17, 15) is 5.11 Å². The lowest BCUT2D eigenvalue weighted by molar-refractivity contribution is 0.0259. The average molecular weight is 278 g/mol. The number of methoxy groups -OCH3 is 1. The van der Waals surface area contributed by atoms with Gasteiger partial charge in [0, 0.05) is 18.6 Å². The third-order valence-corrected chi connectivity index (χ3v) is 4.49. The highest BCUT2D eigenvalue weighted by Crippen LogP contribution is 2.37. The first-order valence-corrected chi connectivity index (χ1v) is 7.19. The predicted molar refractivity (Wildman–Crippen MR) is 81.3 cm³/mol. The summed E-state index contributed by atoms with van der Waals surface area (Å²) in [5, 5.41) is 9.83. The molecule has 1 aromatic carbocycles. The zero-order valence-electron chi connectivity index (χ0n) is 13.0. The maximum atomic E-state index is 9.83. The first kappa shape index (κ1) is 15.1. The standard InChI is InChI=1S/C16H26N2O2/c1-17(2)16(8-5-9-16)12-18(3)11-13-6-7-15(20-4)14(19)10-13/h6-7,10,19H,5,8-9,11-12H2,1-4H3. The molecule has 4 heteroatoms. The molecule has 0 atom stereocenters. The lowest BCUT2D eigenvalue weighted by Crippen LogP contribution is -2.56. The number of hydrogen-bond acceptors (Lipinski definition) is 4. The Kier molecular flexibility index (Phi) is 4.55. The molecule has 1 saturated carbocycles. The van der Waals surface area contributed by atoms with Gasteiger partial charge in [-0.25, -0.2) is 0 Å². The van der Waals surface area contributed by atoms with Crippen LogP contribution in [0, 0.1) is 0 Å². The Morgan fingerprint density at radius 2 is 1.95 bits per heavy atom. The third-order valence-electron chi connectivity index (χ3n) is 4.49. The number of hydrogen-bond donors (Lipinski definition) is 1. The van der Waals surface area contributed by atoms with Gasteiger partial charge in [-0.1, -0.05) is 6.07 Å². The Morgan fingerprint density at radius 3 is 2.40 bits per heavy atom. The molecule has 112 valence electrons. The van der Waals surface area contributed by atoms with Gasteiger partial charge in [-0.15, -0.1) is 0 Å². The van der Waals surface area contributed by atoms with Gasteiger partial charge in [-0.2, -0.15) is 0 Å². The fourth-order valence-electron chi connectivity index (χ4n) is 3.04. The lowest BCUT2D eigenvalue weighted by Gasteiger charge is -2.49. The van der Waals surface area contributed by atoms with E-state index in [0.717, 1.165) is 18.7 Å². The van der Waals surface area contributed by atoms with Crippen LogP contribution < -0.4 is 4.74 Å². The maximum absolute atomic E-state index is 9.83. The van der Waals surface area contributed by atoms with E-state index in [1.165, 1.54) is 19.3 Å². The van der Waals surface area contributed by atoms with Crippen molar-refractivity contribution in [3.63, 3.8) is 0 Å². The molecule has 4 nitrogen and oxygen atoms in total. The van der Waals surface area contributed by atoms with Crippen molar-refractivity contribution in [1.82, 2.24) is 9.80 Å². The Bertz CT molecular complexity index is 456. The fourth-order valence-corrected chi connectivity index (χ4v) is 3.04. The maximum Gasteiger partial charge on any atom is 0.160 e. The summed E-state index contributed by atoms with van der Waals surface area (Å²) < 4.78 is 5.07. The van der Waals surface area contributed by atoms with Crippen LogP contribution in [0.15, 0.2) is 18.2 Å². The minimum atomic E-state index is 0.212. The van der Waals surface area contributed by atoms with Crippen molar-refractivity contribution < 1.29 is 9.84 Å². The molecule has 2 rings (SSSR count). The molecule has 0 unspecified atom stereocenters. The van der Waals surface area contributed by atoms with Crippen LogP contribution in [0.5, 0.6) is 11.5 Å². The summed E-state index contributed by atoms with van der Waals surface area (Å²) in [6.07, 6.45) is 3.88. The monoisotopic (exact) mass is 278 g/mol. The molecule has 20 heavy (non-hydrogen) atoms. The SMILES string of the molecule is COc1ccc(CN(C)CC2(N(C)C)CCC2)cc1O. The van der Waals surface area contributed by atoms with E-state index >= 15 is 0 Å². The number of aromatic hydroxyl groups is 1. The number of nitrogens with zero attached hydrogens (tertiary/aromatic N) is 2. The van der Waals surface area contributed by atoms with Crippen molar-refractivity contribution in [3.8, 4) is 11.5 Å². The van der Waals surface area contributed by atoms with Gasteiger partial charge in [0.25, 0.3) is 0 Å². The van der Waals surface area contributed by atoms with E-state index in [4.69, 9.17) is 4.74 Å². The molecule has 0 amide bonds. The first-order chi connectivity index (χ1) is 9.47. The predicted octanol–water partition coefficient (Wildman–Crippen LogP) is 2.32. The normalized spacial score (nSPS) is 17.3. The van der Waals surface area contributed by atoms with Gasteiger partial charge in [-0.05, 0) is 58.1 Å². The molecule has 0 heterocycles. The van der Waals surface area contributed by atoms with Gasteiger partial charge in [-0.3, -0.25) is 0 Å². The first-order valence-electron chi connectivity index (χ1n) is 7.19.